The summed E-state index contributed by atoms with van der Waals surface area (Å²) in [6.07, 6.45) is 6.75. The standard InChI is InChI=1S/C17H21NO2/c1-4-13-18(14-5-2)17(19)12-9-15-7-10-16(11-8-15)20-6-3/h4-5,7-12H,1-2,6,13-14H2,3H3/b12-9+. The average molecular weight is 271 g/mol. The summed E-state index contributed by atoms with van der Waals surface area (Å²) in [6, 6.07) is 7.61. The van der Waals surface area contributed by atoms with Crippen molar-refractivity contribution in [3.8, 4) is 5.75 Å². The maximum Gasteiger partial charge on any atom is 0.247 e. The molecule has 0 saturated carbocycles. The highest BCUT2D eigenvalue weighted by atomic mass is 16.5. The first-order valence-electron chi connectivity index (χ1n) is 6.63. The van der Waals surface area contributed by atoms with E-state index in [0.717, 1.165) is 11.3 Å². The molecule has 0 N–H and O–H groups in total. The molecule has 0 aliphatic carbocycles. The molecule has 0 radical (unpaired) electrons. The summed E-state index contributed by atoms with van der Waals surface area (Å²) in [7, 11) is 0. The molecule has 20 heavy (non-hydrogen) atoms. The van der Waals surface area contributed by atoms with E-state index >= 15 is 0 Å². The fourth-order valence-corrected chi connectivity index (χ4v) is 1.68. The van der Waals surface area contributed by atoms with Gasteiger partial charge in [0, 0.05) is 19.2 Å². The van der Waals surface area contributed by atoms with Crippen molar-refractivity contribution in [3.05, 3.63) is 61.2 Å². The van der Waals surface area contributed by atoms with Gasteiger partial charge in [-0.1, -0.05) is 24.3 Å². The Morgan fingerprint density at radius 1 is 1.20 bits per heavy atom. The van der Waals surface area contributed by atoms with Crippen LogP contribution in [0, 0.1) is 0 Å². The predicted molar refractivity (Wildman–Crippen MR) is 83.6 cm³/mol. The molecule has 1 aromatic carbocycles. The van der Waals surface area contributed by atoms with Crippen molar-refractivity contribution in [1.82, 2.24) is 4.90 Å². The van der Waals surface area contributed by atoms with E-state index in [4.69, 9.17) is 4.74 Å². The first-order valence-corrected chi connectivity index (χ1v) is 6.63. The summed E-state index contributed by atoms with van der Waals surface area (Å²) < 4.78 is 5.37. The third-order valence-electron chi connectivity index (χ3n) is 2.62. The lowest BCUT2D eigenvalue weighted by atomic mass is 10.2. The van der Waals surface area contributed by atoms with E-state index in [9.17, 15) is 4.79 Å². The van der Waals surface area contributed by atoms with Crippen molar-refractivity contribution in [1.29, 1.82) is 0 Å². The van der Waals surface area contributed by atoms with Crippen LogP contribution in [0.3, 0.4) is 0 Å². The number of nitrogens with zero attached hydrogens (tertiary/aromatic N) is 1. The summed E-state index contributed by atoms with van der Waals surface area (Å²) >= 11 is 0. The van der Waals surface area contributed by atoms with E-state index in [1.807, 2.05) is 31.2 Å². The molecule has 3 heteroatoms. The summed E-state index contributed by atoms with van der Waals surface area (Å²) in [6.45, 7) is 10.9. The van der Waals surface area contributed by atoms with E-state index in [1.54, 1.807) is 29.2 Å². The van der Waals surface area contributed by atoms with Gasteiger partial charge in [0.05, 0.1) is 6.61 Å². The number of hydrogen-bond donors (Lipinski definition) is 0. The van der Waals surface area contributed by atoms with Crippen LogP contribution in [0.25, 0.3) is 6.08 Å². The number of hydrogen-bond acceptors (Lipinski definition) is 2. The van der Waals surface area contributed by atoms with Crippen molar-refractivity contribution in [3.63, 3.8) is 0 Å². The number of benzene rings is 1. The van der Waals surface area contributed by atoms with Gasteiger partial charge in [0.1, 0.15) is 5.75 Å². The Morgan fingerprint density at radius 3 is 2.30 bits per heavy atom. The molecule has 0 saturated heterocycles. The first kappa shape index (κ1) is 15.8. The van der Waals surface area contributed by atoms with Gasteiger partial charge in [-0.05, 0) is 30.7 Å². The molecule has 1 aromatic rings. The van der Waals surface area contributed by atoms with Gasteiger partial charge >= 0.3 is 0 Å². The molecule has 0 fully saturated rings. The van der Waals surface area contributed by atoms with Gasteiger partial charge in [-0.3, -0.25) is 4.79 Å². The maximum atomic E-state index is 12.0. The van der Waals surface area contributed by atoms with Crippen molar-refractivity contribution >= 4 is 12.0 Å². The number of carbonyl (C=O) groups is 1. The lowest BCUT2D eigenvalue weighted by Gasteiger charge is -2.16. The molecular weight excluding hydrogens is 250 g/mol. The zero-order valence-corrected chi connectivity index (χ0v) is 11.9. The van der Waals surface area contributed by atoms with Crippen molar-refractivity contribution in [2.45, 2.75) is 6.92 Å². The van der Waals surface area contributed by atoms with Gasteiger partial charge in [0.25, 0.3) is 0 Å². The van der Waals surface area contributed by atoms with Crippen LogP contribution in [0.15, 0.2) is 55.7 Å². The van der Waals surface area contributed by atoms with Crippen LogP contribution < -0.4 is 4.74 Å². The molecule has 3 nitrogen and oxygen atoms in total. The molecule has 0 aliphatic rings. The molecule has 106 valence electrons. The minimum absolute atomic E-state index is 0.0568. The van der Waals surface area contributed by atoms with Crippen molar-refractivity contribution in [2.24, 2.45) is 0 Å². The highest BCUT2D eigenvalue weighted by Crippen LogP contribution is 2.13. The SMILES string of the molecule is C=CCN(CC=C)C(=O)/C=C/c1ccc(OCC)cc1. The normalized spacial score (nSPS) is 10.2. The Balaban J connectivity index is 2.67. The Hall–Kier alpha value is -2.29. The van der Waals surface area contributed by atoms with Crippen LogP contribution in [-0.4, -0.2) is 30.5 Å². The van der Waals surface area contributed by atoms with Gasteiger partial charge in [0.2, 0.25) is 5.91 Å². The number of ether oxygens (including phenoxy) is 1. The lowest BCUT2D eigenvalue weighted by molar-refractivity contribution is -0.124. The van der Waals surface area contributed by atoms with E-state index < -0.39 is 0 Å². The monoisotopic (exact) mass is 271 g/mol. The zero-order valence-electron chi connectivity index (χ0n) is 11.9. The van der Waals surface area contributed by atoms with Crippen LogP contribution in [-0.2, 0) is 4.79 Å². The van der Waals surface area contributed by atoms with E-state index in [2.05, 4.69) is 13.2 Å². The van der Waals surface area contributed by atoms with Crippen LogP contribution in [0.5, 0.6) is 5.75 Å². The van der Waals surface area contributed by atoms with E-state index in [1.165, 1.54) is 0 Å². The summed E-state index contributed by atoms with van der Waals surface area (Å²) in [5.74, 6) is 0.773. The molecule has 0 spiro atoms. The molecular formula is C17H21NO2. The minimum atomic E-state index is -0.0568. The van der Waals surface area contributed by atoms with E-state index in [0.29, 0.717) is 19.7 Å². The molecule has 0 unspecified atom stereocenters. The summed E-state index contributed by atoms with van der Waals surface area (Å²) in [5, 5.41) is 0. The zero-order chi connectivity index (χ0) is 14.8. The van der Waals surface area contributed by atoms with Crippen molar-refractivity contribution in [2.75, 3.05) is 19.7 Å². The molecule has 0 heterocycles. The smallest absolute Gasteiger partial charge is 0.247 e. The predicted octanol–water partition coefficient (Wildman–Crippen LogP) is 3.30. The third-order valence-corrected chi connectivity index (χ3v) is 2.62. The summed E-state index contributed by atoms with van der Waals surface area (Å²) in [4.78, 5) is 13.6. The second-order valence-electron chi connectivity index (χ2n) is 4.16. The topological polar surface area (TPSA) is 29.5 Å². The van der Waals surface area contributed by atoms with Gasteiger partial charge in [-0.2, -0.15) is 0 Å². The molecule has 1 rings (SSSR count). The number of rotatable bonds is 8. The maximum absolute atomic E-state index is 12.0. The molecule has 0 aromatic heterocycles. The highest BCUT2D eigenvalue weighted by Gasteiger charge is 2.06. The molecule has 1 amide bonds. The van der Waals surface area contributed by atoms with Gasteiger partial charge in [0.15, 0.2) is 0 Å². The Kier molecular flexibility index (Phi) is 6.90. The average Bonchev–Trinajstić information content (AvgIpc) is 2.46. The second kappa shape index (κ2) is 8.75. The van der Waals surface area contributed by atoms with Crippen LogP contribution in [0.2, 0.25) is 0 Å². The highest BCUT2D eigenvalue weighted by molar-refractivity contribution is 5.92. The lowest BCUT2D eigenvalue weighted by Crippen LogP contribution is -2.29. The van der Waals surface area contributed by atoms with Crippen LogP contribution in [0.4, 0.5) is 0 Å². The second-order valence-corrected chi connectivity index (χ2v) is 4.16. The van der Waals surface area contributed by atoms with Gasteiger partial charge in [-0.25, -0.2) is 0 Å². The molecule has 0 bridgehead atoms. The van der Waals surface area contributed by atoms with Crippen LogP contribution >= 0.6 is 0 Å². The Labute approximate surface area is 120 Å². The van der Waals surface area contributed by atoms with Crippen molar-refractivity contribution < 1.29 is 9.53 Å². The van der Waals surface area contributed by atoms with E-state index in [-0.39, 0.29) is 5.91 Å². The molecule has 0 atom stereocenters. The fraction of sp³-hybridized carbons (Fsp3) is 0.235. The first-order chi connectivity index (χ1) is 9.71. The Morgan fingerprint density at radius 2 is 1.80 bits per heavy atom. The Bertz CT molecular complexity index is 464. The van der Waals surface area contributed by atoms with Gasteiger partial charge < -0.3 is 9.64 Å². The quantitative estimate of drug-likeness (QED) is 0.536. The minimum Gasteiger partial charge on any atom is -0.494 e. The summed E-state index contributed by atoms with van der Waals surface area (Å²) in [5.41, 5.74) is 0.957. The van der Waals surface area contributed by atoms with Crippen LogP contribution in [0.1, 0.15) is 12.5 Å². The largest absolute Gasteiger partial charge is 0.494 e. The number of carbonyl (C=O) groups excluding carboxylic acids is 1. The molecule has 0 aliphatic heterocycles. The number of amides is 1. The van der Waals surface area contributed by atoms with Gasteiger partial charge in [-0.15, -0.1) is 13.2 Å². The third kappa shape index (κ3) is 5.14. The fourth-order valence-electron chi connectivity index (χ4n) is 1.68.